The molecule has 0 saturated carbocycles. The average Bonchev–Trinajstić information content (AvgIpc) is 2.48. The van der Waals surface area contributed by atoms with Gasteiger partial charge in [-0.25, -0.2) is 9.37 Å². The van der Waals surface area contributed by atoms with Crippen LogP contribution in [0, 0.1) is 15.9 Å². The molecule has 1 aromatic heterocycles. The zero-order chi connectivity index (χ0) is 15.2. The summed E-state index contributed by atoms with van der Waals surface area (Å²) in [5.41, 5.74) is 5.45. The molecule has 7 nitrogen and oxygen atoms in total. The second kappa shape index (κ2) is 6.42. The Kier molecular flexibility index (Phi) is 4.39. The van der Waals surface area contributed by atoms with E-state index in [0.717, 1.165) is 6.20 Å². The summed E-state index contributed by atoms with van der Waals surface area (Å²) in [5.74, 6) is -0.442. The van der Waals surface area contributed by atoms with E-state index in [1.807, 2.05) is 0 Å². The van der Waals surface area contributed by atoms with Gasteiger partial charge in [0.15, 0.2) is 0 Å². The SMILES string of the molecule is O=C(Cc1ccc(F)cc1)NNc1ccc([N+](=O)[O-])cn1. The van der Waals surface area contributed by atoms with E-state index < -0.39 is 4.92 Å². The van der Waals surface area contributed by atoms with Crippen molar-refractivity contribution >= 4 is 17.4 Å². The Hall–Kier alpha value is -3.03. The number of amides is 1. The van der Waals surface area contributed by atoms with Crippen molar-refractivity contribution in [3.05, 3.63) is 64.1 Å². The van der Waals surface area contributed by atoms with Crippen LogP contribution in [0.5, 0.6) is 0 Å². The van der Waals surface area contributed by atoms with Gasteiger partial charge in [-0.3, -0.25) is 25.8 Å². The number of pyridine rings is 1. The molecule has 0 radical (unpaired) electrons. The summed E-state index contributed by atoms with van der Waals surface area (Å²) in [6.45, 7) is 0. The van der Waals surface area contributed by atoms with Gasteiger partial charge in [-0.2, -0.15) is 0 Å². The van der Waals surface area contributed by atoms with Gasteiger partial charge in [-0.1, -0.05) is 12.1 Å². The predicted octanol–water partition coefficient (Wildman–Crippen LogP) is 1.81. The quantitative estimate of drug-likeness (QED) is 0.646. The molecule has 8 heteroatoms. The lowest BCUT2D eigenvalue weighted by Crippen LogP contribution is -2.31. The standard InChI is InChI=1S/C13H11FN4O3/c14-10-3-1-9(2-4-10)7-13(19)17-16-12-6-5-11(8-15-12)18(20)21/h1-6,8H,7H2,(H,15,16)(H,17,19). The van der Waals surface area contributed by atoms with Crippen LogP contribution in [-0.4, -0.2) is 15.8 Å². The Morgan fingerprint density at radius 3 is 2.52 bits per heavy atom. The second-order valence-electron chi connectivity index (χ2n) is 4.14. The van der Waals surface area contributed by atoms with Crippen molar-refractivity contribution in [3.63, 3.8) is 0 Å². The second-order valence-corrected chi connectivity index (χ2v) is 4.14. The van der Waals surface area contributed by atoms with Crippen LogP contribution in [0.2, 0.25) is 0 Å². The van der Waals surface area contributed by atoms with Gasteiger partial charge < -0.3 is 0 Å². The molecule has 0 aliphatic heterocycles. The molecule has 21 heavy (non-hydrogen) atoms. The third-order valence-electron chi connectivity index (χ3n) is 2.57. The van der Waals surface area contributed by atoms with Gasteiger partial charge in [0.2, 0.25) is 5.91 Å². The summed E-state index contributed by atoms with van der Waals surface area (Å²) in [6, 6.07) is 8.21. The van der Waals surface area contributed by atoms with Crippen molar-refractivity contribution < 1.29 is 14.1 Å². The molecule has 0 aliphatic rings. The van der Waals surface area contributed by atoms with Crippen LogP contribution in [0.1, 0.15) is 5.56 Å². The maximum atomic E-state index is 12.7. The molecule has 1 aromatic carbocycles. The van der Waals surface area contributed by atoms with E-state index in [2.05, 4.69) is 15.8 Å². The summed E-state index contributed by atoms with van der Waals surface area (Å²) >= 11 is 0. The number of halogens is 1. The van der Waals surface area contributed by atoms with Gasteiger partial charge in [0, 0.05) is 6.07 Å². The minimum Gasteiger partial charge on any atom is -0.282 e. The lowest BCUT2D eigenvalue weighted by atomic mass is 10.1. The van der Waals surface area contributed by atoms with E-state index in [1.165, 1.54) is 36.4 Å². The monoisotopic (exact) mass is 290 g/mol. The normalized spacial score (nSPS) is 9.95. The zero-order valence-electron chi connectivity index (χ0n) is 10.7. The van der Waals surface area contributed by atoms with Crippen LogP contribution in [0.25, 0.3) is 0 Å². The number of rotatable bonds is 5. The molecule has 0 saturated heterocycles. The number of hydrogen-bond donors (Lipinski definition) is 2. The Labute approximate surface area is 118 Å². The minimum atomic E-state index is -0.566. The molecule has 108 valence electrons. The molecule has 0 spiro atoms. The Morgan fingerprint density at radius 2 is 1.95 bits per heavy atom. The maximum Gasteiger partial charge on any atom is 0.287 e. The van der Waals surface area contributed by atoms with Crippen LogP contribution in [0.3, 0.4) is 0 Å². The molecule has 0 aliphatic carbocycles. The number of carbonyl (C=O) groups excluding carboxylic acids is 1. The molecule has 0 bridgehead atoms. The topological polar surface area (TPSA) is 97.2 Å². The lowest BCUT2D eigenvalue weighted by molar-refractivity contribution is -0.385. The van der Waals surface area contributed by atoms with Crippen LogP contribution in [-0.2, 0) is 11.2 Å². The minimum absolute atomic E-state index is 0.0697. The molecule has 2 aromatic rings. The lowest BCUT2D eigenvalue weighted by Gasteiger charge is -2.07. The molecule has 0 fully saturated rings. The third kappa shape index (κ3) is 4.23. The van der Waals surface area contributed by atoms with Gasteiger partial charge in [0.05, 0.1) is 11.3 Å². The molecule has 0 unspecified atom stereocenters. The first kappa shape index (κ1) is 14.4. The van der Waals surface area contributed by atoms with E-state index in [9.17, 15) is 19.3 Å². The Balaban J connectivity index is 1.86. The number of carbonyl (C=O) groups is 1. The number of aromatic nitrogens is 1. The van der Waals surface area contributed by atoms with Gasteiger partial charge in [-0.05, 0) is 23.8 Å². The largest absolute Gasteiger partial charge is 0.287 e. The first-order valence-corrected chi connectivity index (χ1v) is 5.94. The fraction of sp³-hybridized carbons (Fsp3) is 0.0769. The van der Waals surface area contributed by atoms with Gasteiger partial charge in [0.1, 0.15) is 17.8 Å². The Bertz CT molecular complexity index is 643. The molecule has 0 atom stereocenters. The van der Waals surface area contributed by atoms with Crippen molar-refractivity contribution in [1.29, 1.82) is 0 Å². The predicted molar refractivity (Wildman–Crippen MR) is 72.8 cm³/mol. The highest BCUT2D eigenvalue weighted by Crippen LogP contribution is 2.11. The maximum absolute atomic E-state index is 12.7. The summed E-state index contributed by atoms with van der Waals surface area (Å²) in [7, 11) is 0. The fourth-order valence-electron chi connectivity index (χ4n) is 1.53. The van der Waals surface area contributed by atoms with Crippen LogP contribution >= 0.6 is 0 Å². The summed E-state index contributed by atoms with van der Waals surface area (Å²) in [4.78, 5) is 25.3. The van der Waals surface area contributed by atoms with Crippen LogP contribution in [0.15, 0.2) is 42.6 Å². The number of benzene rings is 1. The highest BCUT2D eigenvalue weighted by molar-refractivity contribution is 5.79. The first-order valence-electron chi connectivity index (χ1n) is 5.94. The van der Waals surface area contributed by atoms with E-state index in [0.29, 0.717) is 5.56 Å². The highest BCUT2D eigenvalue weighted by atomic mass is 19.1. The van der Waals surface area contributed by atoms with Crippen molar-refractivity contribution in [3.8, 4) is 0 Å². The zero-order valence-corrected chi connectivity index (χ0v) is 10.7. The summed E-state index contributed by atoms with van der Waals surface area (Å²) in [5, 5.41) is 10.5. The Morgan fingerprint density at radius 1 is 1.24 bits per heavy atom. The highest BCUT2D eigenvalue weighted by Gasteiger charge is 2.06. The first-order chi connectivity index (χ1) is 10.0. The van der Waals surface area contributed by atoms with Crippen LogP contribution in [0.4, 0.5) is 15.9 Å². The van der Waals surface area contributed by atoms with E-state index in [4.69, 9.17) is 0 Å². The number of anilines is 1. The summed E-state index contributed by atoms with van der Waals surface area (Å²) in [6.07, 6.45) is 1.15. The van der Waals surface area contributed by atoms with Crippen molar-refractivity contribution in [2.45, 2.75) is 6.42 Å². The third-order valence-corrected chi connectivity index (χ3v) is 2.57. The van der Waals surface area contributed by atoms with E-state index >= 15 is 0 Å². The fourth-order valence-corrected chi connectivity index (χ4v) is 1.53. The number of hydrazine groups is 1. The van der Waals surface area contributed by atoms with Gasteiger partial charge in [-0.15, -0.1) is 0 Å². The number of hydrogen-bond acceptors (Lipinski definition) is 5. The summed E-state index contributed by atoms with van der Waals surface area (Å²) < 4.78 is 12.7. The van der Waals surface area contributed by atoms with Crippen molar-refractivity contribution in [2.75, 3.05) is 5.43 Å². The number of nitrogens with zero attached hydrogens (tertiary/aromatic N) is 2. The van der Waals surface area contributed by atoms with E-state index in [1.54, 1.807) is 0 Å². The van der Waals surface area contributed by atoms with Gasteiger partial charge in [0.25, 0.3) is 5.69 Å². The van der Waals surface area contributed by atoms with Crippen molar-refractivity contribution in [2.24, 2.45) is 0 Å². The van der Waals surface area contributed by atoms with Crippen LogP contribution < -0.4 is 10.9 Å². The molecular formula is C13H11FN4O3. The molecule has 1 amide bonds. The molecule has 2 N–H and O–H groups in total. The number of nitro groups is 1. The smallest absolute Gasteiger partial charge is 0.282 e. The average molecular weight is 290 g/mol. The molecular weight excluding hydrogens is 279 g/mol. The van der Waals surface area contributed by atoms with Crippen molar-refractivity contribution in [1.82, 2.24) is 10.4 Å². The molecule has 1 heterocycles. The van der Waals surface area contributed by atoms with E-state index in [-0.39, 0.29) is 29.7 Å². The molecule has 2 rings (SSSR count). The number of nitrogens with one attached hydrogen (secondary N) is 2. The van der Waals surface area contributed by atoms with Gasteiger partial charge >= 0.3 is 0 Å².